The molecule has 276 valence electrons. The van der Waals surface area contributed by atoms with Crippen LogP contribution in [0.3, 0.4) is 0 Å². The number of carbonyl (C=O) groups is 2. The molecule has 50 heavy (non-hydrogen) atoms. The average molecular weight is 685 g/mol. The summed E-state index contributed by atoms with van der Waals surface area (Å²) in [5.74, 6) is 6.89. The Kier molecular flexibility index (Phi) is 11.1. The maximum atomic E-state index is 13.9. The van der Waals surface area contributed by atoms with Crippen molar-refractivity contribution in [2.45, 2.75) is 149 Å². The lowest BCUT2D eigenvalue weighted by Gasteiger charge is -2.50. The lowest BCUT2D eigenvalue weighted by atomic mass is 9.54. The Morgan fingerprint density at radius 1 is 0.940 bits per heavy atom. The normalized spacial score (nSPS) is 39.5. The zero-order chi connectivity index (χ0) is 35.2. The van der Waals surface area contributed by atoms with E-state index >= 15 is 0 Å². The van der Waals surface area contributed by atoms with Crippen molar-refractivity contribution in [2.75, 3.05) is 6.61 Å². The monoisotopic (exact) mass is 685 g/mol. The number of allylic oxidation sites excluding steroid dienone is 1. The zero-order valence-corrected chi connectivity index (χ0v) is 32.1. The highest BCUT2D eigenvalue weighted by Crippen LogP contribution is 2.63. The van der Waals surface area contributed by atoms with Crippen LogP contribution in [0.2, 0.25) is 0 Å². The van der Waals surface area contributed by atoms with E-state index in [-0.39, 0.29) is 35.2 Å². The van der Waals surface area contributed by atoms with Crippen LogP contribution in [0.15, 0.2) is 30.4 Å². The number of carbonyl (C=O) groups excluding carboxylic acids is 2. The molecule has 0 saturated heterocycles. The molecule has 0 amide bonds. The molecule has 13 unspecified atom stereocenters. The van der Waals surface area contributed by atoms with Gasteiger partial charge in [-0.25, -0.2) is 0 Å². The Bertz CT molecular complexity index is 1390. The third-order valence-electron chi connectivity index (χ3n) is 16.1. The number of rotatable bonds is 10. The number of hydrogen-bond acceptors (Lipinski definition) is 4. The second-order valence-electron chi connectivity index (χ2n) is 19.0. The molecule has 13 atom stereocenters. The number of Topliss-reactive ketones (excluding diaryl/α,β-unsaturated/α-hetero) is 1. The van der Waals surface area contributed by atoms with Gasteiger partial charge >= 0.3 is 5.97 Å². The molecule has 0 radical (unpaired) electrons. The Morgan fingerprint density at radius 2 is 1.78 bits per heavy atom. The van der Waals surface area contributed by atoms with Crippen LogP contribution in [0.4, 0.5) is 0 Å². The van der Waals surface area contributed by atoms with Gasteiger partial charge in [0.2, 0.25) is 0 Å². The first kappa shape index (κ1) is 36.4. The highest BCUT2D eigenvalue weighted by molar-refractivity contribution is 5.81. The van der Waals surface area contributed by atoms with Crippen LogP contribution >= 0.6 is 0 Å². The minimum Gasteiger partial charge on any atom is -0.465 e. The average Bonchev–Trinajstić information content (AvgIpc) is 3.69. The predicted molar refractivity (Wildman–Crippen MR) is 202 cm³/mol. The molecule has 0 spiro atoms. The number of ketones is 1. The topological polar surface area (TPSA) is 63.6 Å². The summed E-state index contributed by atoms with van der Waals surface area (Å²) in [4.78, 5) is 26.4. The number of benzene rings is 1. The van der Waals surface area contributed by atoms with E-state index in [9.17, 15) is 14.7 Å². The smallest absolute Gasteiger partial charge is 0.309 e. The van der Waals surface area contributed by atoms with Crippen molar-refractivity contribution in [3.63, 3.8) is 0 Å². The fourth-order valence-corrected chi connectivity index (χ4v) is 13.1. The van der Waals surface area contributed by atoms with Crippen molar-refractivity contribution < 1.29 is 19.4 Å². The van der Waals surface area contributed by atoms with Crippen LogP contribution in [0.1, 0.15) is 147 Å². The number of aliphatic hydroxyl groups excluding tert-OH is 1. The molecule has 1 N–H and O–H groups in total. The fraction of sp³-hybridized carbons (Fsp3) is 0.783. The van der Waals surface area contributed by atoms with E-state index in [4.69, 9.17) is 4.74 Å². The van der Waals surface area contributed by atoms with Crippen molar-refractivity contribution in [2.24, 2.45) is 70.5 Å². The van der Waals surface area contributed by atoms with Gasteiger partial charge in [-0.05, 0) is 160 Å². The zero-order valence-electron chi connectivity index (χ0n) is 32.1. The summed E-state index contributed by atoms with van der Waals surface area (Å²) in [7, 11) is 0. The standard InChI is InChI=1S/C46H68O4/c1-28(2)34(11-10-30(4)36-18-19-37-31(7-6-8-39(36)37)12-13-33-26-35(47)15-22-44(33)48)27-50-45(49)43-21-20-42-41-17-14-32-25-29(3)9-16-38(32)40(41)23-24-46(42,43)5/h9-11,16,25,28,30-31,33-37,39-43,47H,6-8,12-15,17-24,26-27H2,1-5H3/b11-10+. The van der Waals surface area contributed by atoms with Crippen LogP contribution < -0.4 is 0 Å². The highest BCUT2D eigenvalue weighted by atomic mass is 16.5. The van der Waals surface area contributed by atoms with Crippen molar-refractivity contribution in [1.82, 2.24) is 0 Å². The van der Waals surface area contributed by atoms with Gasteiger partial charge in [0.05, 0.1) is 18.6 Å². The maximum absolute atomic E-state index is 13.9. The van der Waals surface area contributed by atoms with E-state index < -0.39 is 0 Å². The maximum Gasteiger partial charge on any atom is 0.309 e. The Balaban J connectivity index is 0.921. The van der Waals surface area contributed by atoms with Gasteiger partial charge in [0.25, 0.3) is 0 Å². The van der Waals surface area contributed by atoms with Crippen LogP contribution in [-0.2, 0) is 20.7 Å². The lowest BCUT2D eigenvalue weighted by molar-refractivity contribution is -0.155. The molecular formula is C46H68O4. The second kappa shape index (κ2) is 15.2. The molecule has 1 aromatic carbocycles. The van der Waals surface area contributed by atoms with Crippen molar-refractivity contribution in [3.8, 4) is 0 Å². The second-order valence-corrected chi connectivity index (χ2v) is 19.0. The molecule has 5 saturated carbocycles. The molecule has 6 aliphatic carbocycles. The van der Waals surface area contributed by atoms with Crippen LogP contribution in [0.5, 0.6) is 0 Å². The van der Waals surface area contributed by atoms with Gasteiger partial charge in [-0.2, -0.15) is 0 Å². The molecule has 6 aliphatic rings. The summed E-state index contributed by atoms with van der Waals surface area (Å²) in [5, 5.41) is 10.1. The Hall–Kier alpha value is -1.94. The summed E-state index contributed by atoms with van der Waals surface area (Å²) in [6.45, 7) is 12.1. The largest absolute Gasteiger partial charge is 0.465 e. The van der Waals surface area contributed by atoms with Gasteiger partial charge in [-0.1, -0.05) is 76.5 Å². The van der Waals surface area contributed by atoms with Crippen molar-refractivity contribution >= 4 is 11.8 Å². The van der Waals surface area contributed by atoms with Gasteiger partial charge in [0.15, 0.2) is 0 Å². The Labute approximate surface area is 304 Å². The summed E-state index contributed by atoms with van der Waals surface area (Å²) in [5.41, 5.74) is 4.63. The Morgan fingerprint density at radius 3 is 2.60 bits per heavy atom. The van der Waals surface area contributed by atoms with E-state index in [1.807, 2.05) is 0 Å². The molecule has 1 aromatic rings. The number of hydrogen-bond donors (Lipinski definition) is 1. The van der Waals surface area contributed by atoms with E-state index in [0.29, 0.717) is 61.2 Å². The van der Waals surface area contributed by atoms with Crippen LogP contribution in [0, 0.1) is 77.4 Å². The van der Waals surface area contributed by atoms with E-state index in [1.54, 1.807) is 11.1 Å². The lowest BCUT2D eigenvalue weighted by Crippen LogP contribution is -2.44. The van der Waals surface area contributed by atoms with Crippen molar-refractivity contribution in [1.29, 1.82) is 0 Å². The molecule has 0 aromatic heterocycles. The van der Waals surface area contributed by atoms with E-state index in [0.717, 1.165) is 49.4 Å². The molecule has 0 aliphatic heterocycles. The van der Waals surface area contributed by atoms with Gasteiger partial charge < -0.3 is 9.84 Å². The molecule has 0 bridgehead atoms. The third-order valence-corrected chi connectivity index (χ3v) is 16.1. The number of ether oxygens (including phenoxy) is 1. The molecule has 4 nitrogen and oxygen atoms in total. The summed E-state index contributed by atoms with van der Waals surface area (Å²) >= 11 is 0. The number of aliphatic hydroxyl groups is 1. The van der Waals surface area contributed by atoms with Gasteiger partial charge in [-0.3, -0.25) is 9.59 Å². The molecule has 7 rings (SSSR count). The van der Waals surface area contributed by atoms with E-state index in [2.05, 4.69) is 65.0 Å². The molecule has 4 heteroatoms. The SMILES string of the molecule is Cc1ccc2c(c1)CCC1C2CCC2(C)C(C(=O)OCC(/C=C/C(C)C3CCC4C(CCC5CC(O)CCC5=O)CCCC34)C(C)C)CCC12. The van der Waals surface area contributed by atoms with Gasteiger partial charge in [0.1, 0.15) is 5.78 Å². The first-order valence-electron chi connectivity index (χ1n) is 21.2. The molecule has 0 heterocycles. The van der Waals surface area contributed by atoms with Crippen molar-refractivity contribution in [3.05, 3.63) is 47.0 Å². The highest BCUT2D eigenvalue weighted by Gasteiger charge is 2.57. The third kappa shape index (κ3) is 7.19. The summed E-state index contributed by atoms with van der Waals surface area (Å²) in [6.07, 6.45) is 22.3. The number of fused-ring (bicyclic) bond motifs is 6. The number of aryl methyl sites for hydroxylation is 2. The van der Waals surface area contributed by atoms with Gasteiger partial charge in [0, 0.05) is 18.3 Å². The van der Waals surface area contributed by atoms with E-state index in [1.165, 1.54) is 63.4 Å². The van der Waals surface area contributed by atoms with Crippen LogP contribution in [-0.4, -0.2) is 29.6 Å². The number of esters is 1. The minimum absolute atomic E-state index is 0.0413. The summed E-state index contributed by atoms with van der Waals surface area (Å²) < 4.78 is 6.29. The fourth-order valence-electron chi connectivity index (χ4n) is 13.1. The first-order chi connectivity index (χ1) is 24.0. The minimum atomic E-state index is -0.276. The van der Waals surface area contributed by atoms with Gasteiger partial charge in [-0.15, -0.1) is 0 Å². The summed E-state index contributed by atoms with van der Waals surface area (Å²) in [6, 6.07) is 7.14. The first-order valence-corrected chi connectivity index (χ1v) is 21.2. The predicted octanol–water partition coefficient (Wildman–Crippen LogP) is 10.4. The quantitative estimate of drug-likeness (QED) is 0.197. The van der Waals surface area contributed by atoms with Crippen LogP contribution in [0.25, 0.3) is 0 Å². The molecule has 5 fully saturated rings. The molecular weight excluding hydrogens is 617 g/mol.